The van der Waals surface area contributed by atoms with E-state index in [1.54, 1.807) is 19.1 Å². The van der Waals surface area contributed by atoms with E-state index in [0.29, 0.717) is 26.9 Å². The highest BCUT2D eigenvalue weighted by Crippen LogP contribution is 2.26. The monoisotopic (exact) mass is 444 g/mol. The summed E-state index contributed by atoms with van der Waals surface area (Å²) in [6.07, 6.45) is 0. The number of rotatable bonds is 5. The molecule has 1 amide bonds. The van der Waals surface area contributed by atoms with Gasteiger partial charge in [0.2, 0.25) is 0 Å². The number of ether oxygens (including phenoxy) is 1. The van der Waals surface area contributed by atoms with E-state index in [0.717, 1.165) is 6.07 Å². The van der Waals surface area contributed by atoms with Crippen LogP contribution < -0.4 is 10.1 Å². The second-order valence-electron chi connectivity index (χ2n) is 6.25. The van der Waals surface area contributed by atoms with Crippen molar-refractivity contribution in [1.82, 2.24) is 0 Å². The molecular formula is C21H14Cl2N2O5. The van der Waals surface area contributed by atoms with Gasteiger partial charge in [-0.2, -0.15) is 0 Å². The first-order chi connectivity index (χ1) is 14.2. The van der Waals surface area contributed by atoms with Gasteiger partial charge in [0.1, 0.15) is 5.75 Å². The number of nitro groups is 1. The van der Waals surface area contributed by atoms with E-state index in [9.17, 15) is 19.7 Å². The van der Waals surface area contributed by atoms with Gasteiger partial charge in [-0.3, -0.25) is 14.9 Å². The molecule has 0 spiro atoms. The van der Waals surface area contributed by atoms with E-state index in [4.69, 9.17) is 27.9 Å². The number of aryl methyl sites for hydroxylation is 1. The van der Waals surface area contributed by atoms with Gasteiger partial charge in [0.15, 0.2) is 0 Å². The van der Waals surface area contributed by atoms with Crippen LogP contribution in [0.3, 0.4) is 0 Å². The van der Waals surface area contributed by atoms with Crippen molar-refractivity contribution in [2.75, 3.05) is 5.32 Å². The fourth-order valence-electron chi connectivity index (χ4n) is 2.56. The Bertz CT molecular complexity index is 1150. The number of amides is 1. The average molecular weight is 445 g/mol. The van der Waals surface area contributed by atoms with Gasteiger partial charge >= 0.3 is 5.97 Å². The molecule has 3 aromatic rings. The number of halogens is 2. The molecule has 3 aromatic carbocycles. The third-order valence-electron chi connectivity index (χ3n) is 4.15. The zero-order chi connectivity index (χ0) is 21.8. The van der Waals surface area contributed by atoms with Gasteiger partial charge in [-0.25, -0.2) is 4.79 Å². The van der Waals surface area contributed by atoms with Crippen LogP contribution in [0.2, 0.25) is 10.0 Å². The molecule has 0 radical (unpaired) electrons. The molecule has 7 nitrogen and oxygen atoms in total. The summed E-state index contributed by atoms with van der Waals surface area (Å²) in [7, 11) is 0. The van der Waals surface area contributed by atoms with E-state index in [1.165, 1.54) is 42.5 Å². The predicted octanol–water partition coefficient (Wildman–Crippen LogP) is 5.68. The number of nitrogens with one attached hydrogen (secondary N) is 1. The maximum atomic E-state index is 12.4. The molecule has 3 rings (SSSR count). The number of nitrogens with zero attached hydrogens (tertiary/aromatic N) is 1. The van der Waals surface area contributed by atoms with E-state index >= 15 is 0 Å². The Labute approximate surface area is 181 Å². The third-order valence-corrected chi connectivity index (χ3v) is 4.71. The average Bonchev–Trinajstić information content (AvgIpc) is 2.71. The van der Waals surface area contributed by atoms with E-state index in [1.807, 2.05) is 0 Å². The van der Waals surface area contributed by atoms with Crippen LogP contribution in [0.25, 0.3) is 0 Å². The Morgan fingerprint density at radius 1 is 0.967 bits per heavy atom. The number of esters is 1. The summed E-state index contributed by atoms with van der Waals surface area (Å²) in [5.74, 6) is -0.993. The summed E-state index contributed by atoms with van der Waals surface area (Å²) in [4.78, 5) is 35.1. The standard InChI is InChI=1S/C21H14Cl2N2O5/c1-12-2-3-14(10-19(12)25(28)29)21(27)30-16-7-4-13(5-8-16)20(26)24-18-11-15(22)6-9-17(18)23/h2-11H,1H3,(H,24,26). The first kappa shape index (κ1) is 21.3. The van der Waals surface area contributed by atoms with Gasteiger partial charge < -0.3 is 10.1 Å². The van der Waals surface area contributed by atoms with Crippen molar-refractivity contribution in [3.63, 3.8) is 0 Å². The normalized spacial score (nSPS) is 10.4. The summed E-state index contributed by atoms with van der Waals surface area (Å²) in [6, 6.07) is 14.6. The highest BCUT2D eigenvalue weighted by Gasteiger charge is 2.17. The molecule has 0 heterocycles. The van der Waals surface area contributed by atoms with Crippen molar-refractivity contribution in [3.8, 4) is 5.75 Å². The Kier molecular flexibility index (Phi) is 6.34. The molecule has 0 aliphatic heterocycles. The van der Waals surface area contributed by atoms with Crippen LogP contribution in [-0.4, -0.2) is 16.8 Å². The number of carbonyl (C=O) groups is 2. The minimum absolute atomic E-state index is 0.0460. The molecule has 0 aliphatic rings. The molecule has 0 bridgehead atoms. The highest BCUT2D eigenvalue weighted by atomic mass is 35.5. The van der Waals surface area contributed by atoms with Crippen LogP contribution in [0, 0.1) is 17.0 Å². The number of nitro benzene ring substituents is 1. The number of anilines is 1. The Balaban J connectivity index is 1.70. The van der Waals surface area contributed by atoms with Crippen molar-refractivity contribution in [2.45, 2.75) is 6.92 Å². The molecule has 1 N–H and O–H groups in total. The molecule has 0 aromatic heterocycles. The largest absolute Gasteiger partial charge is 0.423 e. The lowest BCUT2D eigenvalue weighted by Crippen LogP contribution is -2.13. The van der Waals surface area contributed by atoms with Crippen molar-refractivity contribution in [2.24, 2.45) is 0 Å². The van der Waals surface area contributed by atoms with Crippen LogP contribution in [0.1, 0.15) is 26.3 Å². The fourth-order valence-corrected chi connectivity index (χ4v) is 2.90. The molecule has 0 fully saturated rings. The minimum atomic E-state index is -0.749. The van der Waals surface area contributed by atoms with Crippen molar-refractivity contribution in [1.29, 1.82) is 0 Å². The Morgan fingerprint density at radius 2 is 1.63 bits per heavy atom. The van der Waals surface area contributed by atoms with Gasteiger partial charge in [0.25, 0.3) is 11.6 Å². The van der Waals surface area contributed by atoms with Crippen molar-refractivity contribution in [3.05, 3.63) is 97.5 Å². The Hall–Kier alpha value is -3.42. The molecule has 30 heavy (non-hydrogen) atoms. The summed E-state index contributed by atoms with van der Waals surface area (Å²) in [5.41, 5.74) is 0.982. The SMILES string of the molecule is Cc1ccc(C(=O)Oc2ccc(C(=O)Nc3cc(Cl)ccc3Cl)cc2)cc1[N+](=O)[O-]. The highest BCUT2D eigenvalue weighted by molar-refractivity contribution is 6.35. The number of hydrogen-bond acceptors (Lipinski definition) is 5. The molecule has 0 unspecified atom stereocenters. The molecule has 0 saturated carbocycles. The van der Waals surface area contributed by atoms with Crippen LogP contribution >= 0.6 is 23.2 Å². The van der Waals surface area contributed by atoms with E-state index < -0.39 is 16.8 Å². The van der Waals surface area contributed by atoms with Gasteiger partial charge in [-0.1, -0.05) is 29.3 Å². The molecule has 0 atom stereocenters. The first-order valence-corrected chi connectivity index (χ1v) is 9.34. The number of carbonyl (C=O) groups excluding carboxylic acids is 2. The molecule has 152 valence electrons. The van der Waals surface area contributed by atoms with E-state index in [-0.39, 0.29) is 17.0 Å². The second-order valence-corrected chi connectivity index (χ2v) is 7.09. The predicted molar refractivity (Wildman–Crippen MR) is 114 cm³/mol. The Morgan fingerprint density at radius 3 is 2.30 bits per heavy atom. The lowest BCUT2D eigenvalue weighted by Gasteiger charge is -2.09. The van der Waals surface area contributed by atoms with E-state index in [2.05, 4.69) is 5.32 Å². The smallest absolute Gasteiger partial charge is 0.343 e. The van der Waals surface area contributed by atoms with Crippen LogP contribution in [0.15, 0.2) is 60.7 Å². The molecule has 9 heteroatoms. The number of benzene rings is 3. The molecule has 0 saturated heterocycles. The lowest BCUT2D eigenvalue weighted by atomic mass is 10.1. The maximum absolute atomic E-state index is 12.4. The van der Waals surface area contributed by atoms with Gasteiger partial charge in [0, 0.05) is 22.2 Å². The molecular weight excluding hydrogens is 431 g/mol. The summed E-state index contributed by atoms with van der Waals surface area (Å²) in [6.45, 7) is 1.58. The lowest BCUT2D eigenvalue weighted by molar-refractivity contribution is -0.385. The summed E-state index contributed by atoms with van der Waals surface area (Å²) >= 11 is 11.9. The topological polar surface area (TPSA) is 98.5 Å². The third kappa shape index (κ3) is 4.94. The van der Waals surface area contributed by atoms with Crippen molar-refractivity contribution < 1.29 is 19.2 Å². The molecule has 0 aliphatic carbocycles. The first-order valence-electron chi connectivity index (χ1n) is 8.58. The minimum Gasteiger partial charge on any atom is -0.423 e. The number of hydrogen-bond donors (Lipinski definition) is 1. The van der Waals surface area contributed by atoms with Crippen LogP contribution in [0.4, 0.5) is 11.4 Å². The van der Waals surface area contributed by atoms with Gasteiger partial charge in [-0.05, 0) is 55.5 Å². The van der Waals surface area contributed by atoms with Crippen LogP contribution in [0.5, 0.6) is 5.75 Å². The van der Waals surface area contributed by atoms with Crippen LogP contribution in [-0.2, 0) is 0 Å². The zero-order valence-corrected chi connectivity index (χ0v) is 17.0. The zero-order valence-electron chi connectivity index (χ0n) is 15.5. The van der Waals surface area contributed by atoms with Gasteiger partial charge in [0.05, 0.1) is 21.2 Å². The van der Waals surface area contributed by atoms with Gasteiger partial charge in [-0.15, -0.1) is 0 Å². The van der Waals surface area contributed by atoms with Crippen molar-refractivity contribution >= 4 is 46.5 Å². The quantitative estimate of drug-likeness (QED) is 0.236. The second kappa shape index (κ2) is 8.94. The fraction of sp³-hybridized carbons (Fsp3) is 0.0476. The summed E-state index contributed by atoms with van der Waals surface area (Å²) < 4.78 is 5.23. The summed E-state index contributed by atoms with van der Waals surface area (Å²) in [5, 5.41) is 14.4. The maximum Gasteiger partial charge on any atom is 0.343 e.